The molecule has 0 radical (unpaired) electrons. The number of benzene rings is 1. The minimum atomic E-state index is -0.392. The Bertz CT molecular complexity index is 1210. The van der Waals surface area contributed by atoms with Crippen LogP contribution < -0.4 is 0 Å². The molecule has 0 amide bonds. The second-order valence-corrected chi connectivity index (χ2v) is 11.1. The number of aliphatic hydroxyl groups is 1. The third-order valence-corrected chi connectivity index (χ3v) is 8.13. The largest absolute Gasteiger partial charge is 0.511 e. The number of nitrogens with zero attached hydrogens (tertiary/aromatic N) is 2. The predicted octanol–water partition coefficient (Wildman–Crippen LogP) is 6.21. The van der Waals surface area contributed by atoms with Crippen molar-refractivity contribution in [2.45, 2.75) is 33.1 Å². The van der Waals surface area contributed by atoms with E-state index < -0.39 is 5.97 Å². The van der Waals surface area contributed by atoms with Crippen molar-refractivity contribution in [1.82, 2.24) is 9.80 Å². The van der Waals surface area contributed by atoms with Gasteiger partial charge in [0.25, 0.3) is 0 Å². The summed E-state index contributed by atoms with van der Waals surface area (Å²) >= 11 is 5.83. The lowest BCUT2D eigenvalue weighted by Gasteiger charge is -2.33. The number of thiocarbonyl (C=S) groups is 1. The van der Waals surface area contributed by atoms with Crippen LogP contribution in [0.15, 0.2) is 89.1 Å². The van der Waals surface area contributed by atoms with Gasteiger partial charge < -0.3 is 19.5 Å². The molecular weight excluding hydrogens is 508 g/mol. The third kappa shape index (κ3) is 7.28. The molecule has 7 heteroatoms. The molecule has 0 aromatic heterocycles. The van der Waals surface area contributed by atoms with Crippen LogP contribution in [0, 0.1) is 17.8 Å². The molecule has 1 N–H and O–H groups in total. The van der Waals surface area contributed by atoms with Crippen molar-refractivity contribution in [3.63, 3.8) is 0 Å². The summed E-state index contributed by atoms with van der Waals surface area (Å²) in [5.41, 5.74) is 2.22. The van der Waals surface area contributed by atoms with E-state index in [2.05, 4.69) is 17.9 Å². The van der Waals surface area contributed by atoms with E-state index in [1.807, 2.05) is 68.4 Å². The van der Waals surface area contributed by atoms with Crippen molar-refractivity contribution in [3.8, 4) is 0 Å². The van der Waals surface area contributed by atoms with Gasteiger partial charge in [-0.25, -0.2) is 4.79 Å². The van der Waals surface area contributed by atoms with Gasteiger partial charge in [0.05, 0.1) is 5.56 Å². The zero-order chi connectivity index (χ0) is 27.9. The Kier molecular flexibility index (Phi) is 9.81. The van der Waals surface area contributed by atoms with Gasteiger partial charge in [-0.05, 0) is 81.6 Å². The molecule has 3 unspecified atom stereocenters. The minimum absolute atomic E-state index is 0.0452. The summed E-state index contributed by atoms with van der Waals surface area (Å²) in [6.45, 7) is 8.00. The van der Waals surface area contributed by atoms with Crippen molar-refractivity contribution in [3.05, 3.63) is 94.7 Å². The van der Waals surface area contributed by atoms with Gasteiger partial charge in [0.2, 0.25) is 0 Å². The van der Waals surface area contributed by atoms with Gasteiger partial charge in [-0.2, -0.15) is 0 Å². The van der Waals surface area contributed by atoms with Crippen molar-refractivity contribution in [2.75, 3.05) is 40.3 Å². The van der Waals surface area contributed by atoms with Crippen LogP contribution >= 0.6 is 12.2 Å². The van der Waals surface area contributed by atoms with Crippen molar-refractivity contribution in [2.24, 2.45) is 17.8 Å². The first-order valence-corrected chi connectivity index (χ1v) is 14.2. The monoisotopic (exact) mass is 548 g/mol. The third-order valence-electron chi connectivity index (χ3n) is 7.55. The van der Waals surface area contributed by atoms with Crippen LogP contribution in [0.3, 0.4) is 0 Å². The van der Waals surface area contributed by atoms with E-state index in [1.54, 1.807) is 12.1 Å². The normalized spacial score (nSPS) is 23.8. The van der Waals surface area contributed by atoms with E-state index in [0.29, 0.717) is 29.3 Å². The first-order chi connectivity index (χ1) is 18.7. The molecule has 1 saturated heterocycles. The number of likely N-dealkylation sites (tertiary alicyclic amines) is 1. The quantitative estimate of drug-likeness (QED) is 0.170. The highest BCUT2D eigenvalue weighted by Gasteiger charge is 2.34. The Morgan fingerprint density at radius 1 is 1.15 bits per heavy atom. The van der Waals surface area contributed by atoms with Gasteiger partial charge in [-0.1, -0.05) is 49.0 Å². The first kappa shape index (κ1) is 28.8. The molecule has 1 fully saturated rings. The lowest BCUT2D eigenvalue weighted by molar-refractivity contribution is 0.0632. The molecule has 208 valence electrons. The van der Waals surface area contributed by atoms with E-state index in [0.717, 1.165) is 36.5 Å². The van der Waals surface area contributed by atoms with Gasteiger partial charge in [-0.3, -0.25) is 4.90 Å². The van der Waals surface area contributed by atoms with Crippen molar-refractivity contribution < 1.29 is 19.4 Å². The SMILES string of the molecule is CC1=CC(OC(=O)c2ccccc2)=CC(C)C1C(C(=S)N(C)C)=C(O)C1C=CC(OCCN2CCCC2)=CC1. The van der Waals surface area contributed by atoms with Gasteiger partial charge in [0.1, 0.15) is 28.9 Å². The first-order valence-electron chi connectivity index (χ1n) is 13.8. The molecule has 0 spiro atoms. The molecule has 2 aliphatic carbocycles. The zero-order valence-corrected chi connectivity index (χ0v) is 24.2. The number of hydrogen-bond acceptors (Lipinski definition) is 6. The fourth-order valence-electron chi connectivity index (χ4n) is 5.48. The number of ether oxygens (including phenoxy) is 2. The lowest BCUT2D eigenvalue weighted by atomic mass is 9.76. The predicted molar refractivity (Wildman–Crippen MR) is 159 cm³/mol. The molecule has 1 aliphatic heterocycles. The van der Waals surface area contributed by atoms with Gasteiger partial charge in [0.15, 0.2) is 0 Å². The number of hydrogen-bond donors (Lipinski definition) is 1. The van der Waals surface area contributed by atoms with Gasteiger partial charge in [0, 0.05) is 38.0 Å². The molecule has 1 heterocycles. The average molecular weight is 549 g/mol. The summed E-state index contributed by atoms with van der Waals surface area (Å²) in [5, 5.41) is 11.6. The number of allylic oxidation sites excluding steroid dienone is 6. The summed E-state index contributed by atoms with van der Waals surface area (Å²) < 4.78 is 11.7. The molecule has 3 aliphatic rings. The Balaban J connectivity index is 1.48. The van der Waals surface area contributed by atoms with E-state index in [4.69, 9.17) is 21.7 Å². The summed E-state index contributed by atoms with van der Waals surface area (Å²) in [4.78, 5) is 17.5. The molecule has 1 aromatic rings. The highest BCUT2D eigenvalue weighted by Crippen LogP contribution is 2.39. The van der Waals surface area contributed by atoms with Gasteiger partial charge >= 0.3 is 5.97 Å². The second kappa shape index (κ2) is 13.3. The molecule has 39 heavy (non-hydrogen) atoms. The Labute approximate surface area is 238 Å². The fourth-order valence-corrected chi connectivity index (χ4v) is 5.71. The summed E-state index contributed by atoms with van der Waals surface area (Å²) in [5.74, 6) is 0.869. The molecule has 0 saturated carbocycles. The standard InChI is InChI=1S/C32H40N2O4S/c1-22-20-27(38-32(36)25-10-6-5-7-11-25)21-23(2)28(22)29(31(39)33(3)4)30(35)24-12-14-26(15-13-24)37-19-18-34-16-8-9-17-34/h5-7,10-12,14-15,20-22,24,28,35H,8-9,13,16-19H2,1-4H3. The van der Waals surface area contributed by atoms with E-state index in [9.17, 15) is 9.90 Å². The molecule has 3 atom stereocenters. The smallest absolute Gasteiger partial charge is 0.343 e. The van der Waals surface area contributed by atoms with Crippen LogP contribution in [0.25, 0.3) is 0 Å². The fraction of sp³-hybridized carbons (Fsp3) is 0.438. The summed E-state index contributed by atoms with van der Waals surface area (Å²) in [6.07, 6.45) is 13.0. The lowest BCUT2D eigenvalue weighted by Crippen LogP contribution is -2.32. The zero-order valence-electron chi connectivity index (χ0n) is 23.4. The van der Waals surface area contributed by atoms with E-state index in [1.165, 1.54) is 12.8 Å². The summed E-state index contributed by atoms with van der Waals surface area (Å²) in [6, 6.07) is 8.96. The van der Waals surface area contributed by atoms with E-state index >= 15 is 0 Å². The van der Waals surface area contributed by atoms with Crippen molar-refractivity contribution in [1.29, 1.82) is 0 Å². The number of carbonyl (C=O) groups excluding carboxylic acids is 1. The number of aliphatic hydroxyl groups excluding tert-OH is 1. The number of carbonyl (C=O) groups is 1. The van der Waals surface area contributed by atoms with Crippen LogP contribution in [-0.2, 0) is 9.47 Å². The Morgan fingerprint density at radius 3 is 2.49 bits per heavy atom. The van der Waals surface area contributed by atoms with Crippen LogP contribution in [0.5, 0.6) is 0 Å². The molecule has 1 aromatic carbocycles. The second-order valence-electron chi connectivity index (χ2n) is 10.8. The topological polar surface area (TPSA) is 62.2 Å². The number of likely N-dealkylation sites (N-methyl/N-ethyl adjacent to an activating group) is 1. The number of rotatable bonds is 9. The number of esters is 1. The Morgan fingerprint density at radius 2 is 1.87 bits per heavy atom. The van der Waals surface area contributed by atoms with E-state index in [-0.39, 0.29) is 23.5 Å². The maximum absolute atomic E-state index is 12.6. The molecular formula is C32H40N2O4S. The van der Waals surface area contributed by atoms with Crippen LogP contribution in [0.2, 0.25) is 0 Å². The van der Waals surface area contributed by atoms with Crippen LogP contribution in [0.4, 0.5) is 0 Å². The molecule has 0 bridgehead atoms. The van der Waals surface area contributed by atoms with Crippen LogP contribution in [-0.4, -0.2) is 66.2 Å². The minimum Gasteiger partial charge on any atom is -0.511 e. The highest BCUT2D eigenvalue weighted by molar-refractivity contribution is 7.80. The Hall–Kier alpha value is -3.16. The van der Waals surface area contributed by atoms with Crippen LogP contribution in [0.1, 0.15) is 43.5 Å². The van der Waals surface area contributed by atoms with Gasteiger partial charge in [-0.15, -0.1) is 0 Å². The highest BCUT2D eigenvalue weighted by atomic mass is 32.1. The van der Waals surface area contributed by atoms with Crippen molar-refractivity contribution >= 4 is 23.2 Å². The molecule has 6 nitrogen and oxygen atoms in total. The maximum Gasteiger partial charge on any atom is 0.343 e. The maximum atomic E-state index is 12.6. The average Bonchev–Trinajstić information content (AvgIpc) is 3.44. The molecule has 4 rings (SSSR count). The summed E-state index contributed by atoms with van der Waals surface area (Å²) in [7, 11) is 3.79.